The molecule has 1 aromatic rings. The molecule has 1 aromatic carbocycles. The maximum Gasteiger partial charge on any atom is 0.268 e. The van der Waals surface area contributed by atoms with E-state index in [-0.39, 0.29) is 29.7 Å². The van der Waals surface area contributed by atoms with Crippen molar-refractivity contribution >= 4 is 11.8 Å². The number of amides is 2. The van der Waals surface area contributed by atoms with E-state index in [9.17, 15) is 9.59 Å². The molecular formula is C20H26N4O4. The second-order valence-corrected chi connectivity index (χ2v) is 7.65. The topological polar surface area (TPSA) is 106 Å². The highest BCUT2D eigenvalue weighted by Crippen LogP contribution is 2.60. The molecule has 2 fully saturated rings. The quantitative estimate of drug-likeness (QED) is 0.650. The highest BCUT2D eigenvalue weighted by Gasteiger charge is 2.69. The number of methoxy groups -OCH3 is 1. The Kier molecular flexibility index (Phi) is 4.55. The van der Waals surface area contributed by atoms with Crippen molar-refractivity contribution in [2.75, 3.05) is 27.4 Å². The molecule has 3 aliphatic rings. The fourth-order valence-corrected chi connectivity index (χ4v) is 4.77. The molecule has 1 aliphatic carbocycles. The van der Waals surface area contributed by atoms with Gasteiger partial charge in [-0.05, 0) is 42.5 Å². The van der Waals surface area contributed by atoms with Gasteiger partial charge in [0.15, 0.2) is 0 Å². The lowest BCUT2D eigenvalue weighted by atomic mass is 9.87. The standard InChI is InChI=1S/C20H26N4O4/c1-11(12-5-4-6-13(7-12)27-3)24-20(19(21)26,8-16(23-24)18(25)22-2)17-14-9-28-10-15(14)17/h4-8,11,14-15,17,23H,9-10H2,1-3H3,(H2,21,26)(H,22,25)/t11-,14-,15+,17?,20?/m0/s1. The number of nitrogens with one attached hydrogen (secondary N) is 2. The Hall–Kier alpha value is -2.58. The fourth-order valence-electron chi connectivity index (χ4n) is 4.77. The van der Waals surface area contributed by atoms with Crippen LogP contribution in [0.5, 0.6) is 5.75 Å². The van der Waals surface area contributed by atoms with Crippen LogP contribution in [0.3, 0.4) is 0 Å². The zero-order valence-corrected chi connectivity index (χ0v) is 16.3. The van der Waals surface area contributed by atoms with Crippen molar-refractivity contribution < 1.29 is 19.1 Å². The third-order valence-corrected chi connectivity index (χ3v) is 6.29. The summed E-state index contributed by atoms with van der Waals surface area (Å²) in [6.45, 7) is 3.22. The maximum atomic E-state index is 12.9. The van der Waals surface area contributed by atoms with E-state index in [0.29, 0.717) is 18.9 Å². The molecule has 0 radical (unpaired) electrons. The van der Waals surface area contributed by atoms with Crippen LogP contribution in [0.15, 0.2) is 36.0 Å². The highest BCUT2D eigenvalue weighted by atomic mass is 16.5. The molecule has 2 amide bonds. The molecule has 4 N–H and O–H groups in total. The van der Waals surface area contributed by atoms with Crippen molar-refractivity contribution in [3.8, 4) is 5.75 Å². The van der Waals surface area contributed by atoms with Crippen molar-refractivity contribution in [2.24, 2.45) is 23.5 Å². The van der Waals surface area contributed by atoms with E-state index in [1.165, 1.54) is 0 Å². The molecule has 8 nitrogen and oxygen atoms in total. The first kappa shape index (κ1) is 18.8. The van der Waals surface area contributed by atoms with Gasteiger partial charge in [0, 0.05) is 13.0 Å². The summed E-state index contributed by atoms with van der Waals surface area (Å²) in [5.74, 6) is 0.538. The van der Waals surface area contributed by atoms with Gasteiger partial charge in [-0.1, -0.05) is 12.1 Å². The average Bonchev–Trinajstić information content (AvgIpc) is 3.07. The van der Waals surface area contributed by atoms with E-state index in [1.807, 2.05) is 36.2 Å². The van der Waals surface area contributed by atoms with E-state index in [1.54, 1.807) is 20.2 Å². The van der Waals surface area contributed by atoms with Crippen LogP contribution in [0, 0.1) is 17.8 Å². The number of nitrogens with zero attached hydrogens (tertiary/aromatic N) is 1. The van der Waals surface area contributed by atoms with Crippen molar-refractivity contribution in [1.82, 2.24) is 15.8 Å². The minimum Gasteiger partial charge on any atom is -0.497 e. The number of benzene rings is 1. The van der Waals surface area contributed by atoms with E-state index < -0.39 is 11.4 Å². The second-order valence-electron chi connectivity index (χ2n) is 7.65. The van der Waals surface area contributed by atoms with E-state index in [2.05, 4.69) is 10.7 Å². The van der Waals surface area contributed by atoms with Gasteiger partial charge < -0.3 is 25.9 Å². The molecule has 0 aromatic heterocycles. The molecule has 28 heavy (non-hydrogen) atoms. The fraction of sp³-hybridized carbons (Fsp3) is 0.500. The lowest BCUT2D eigenvalue weighted by Gasteiger charge is -2.40. The molecule has 0 bridgehead atoms. The molecular weight excluding hydrogens is 360 g/mol. The summed E-state index contributed by atoms with van der Waals surface area (Å²) in [5, 5.41) is 4.45. The normalized spacial score (nSPS) is 32.1. The minimum absolute atomic E-state index is 0.0152. The van der Waals surface area contributed by atoms with Crippen LogP contribution in [0.4, 0.5) is 0 Å². The maximum absolute atomic E-state index is 12.9. The lowest BCUT2D eigenvalue weighted by molar-refractivity contribution is -0.132. The van der Waals surface area contributed by atoms with Crippen LogP contribution >= 0.6 is 0 Å². The number of ether oxygens (including phenoxy) is 2. The first-order chi connectivity index (χ1) is 13.4. The molecule has 2 aliphatic heterocycles. The Morgan fingerprint density at radius 2 is 2.11 bits per heavy atom. The number of rotatable bonds is 6. The molecule has 2 heterocycles. The zero-order valence-electron chi connectivity index (χ0n) is 16.3. The van der Waals surface area contributed by atoms with E-state index >= 15 is 0 Å². The number of likely N-dealkylation sites (N-methyl/N-ethyl adjacent to an activating group) is 1. The first-order valence-electron chi connectivity index (χ1n) is 9.46. The molecule has 150 valence electrons. The minimum atomic E-state index is -1.09. The Morgan fingerprint density at radius 1 is 1.39 bits per heavy atom. The Bertz CT molecular complexity index is 831. The lowest BCUT2D eigenvalue weighted by Crippen LogP contribution is -2.60. The molecule has 2 unspecified atom stereocenters. The number of primary amides is 1. The summed E-state index contributed by atoms with van der Waals surface area (Å²) < 4.78 is 10.9. The van der Waals surface area contributed by atoms with Gasteiger partial charge in [0.25, 0.3) is 5.91 Å². The van der Waals surface area contributed by atoms with Gasteiger partial charge in [-0.25, -0.2) is 0 Å². The summed E-state index contributed by atoms with van der Waals surface area (Å²) >= 11 is 0. The van der Waals surface area contributed by atoms with Gasteiger partial charge in [0.1, 0.15) is 17.0 Å². The molecule has 4 rings (SSSR count). The summed E-state index contributed by atoms with van der Waals surface area (Å²) in [5.41, 5.74) is 9.33. The van der Waals surface area contributed by atoms with Crippen molar-refractivity contribution in [3.63, 3.8) is 0 Å². The van der Waals surface area contributed by atoms with Crippen molar-refractivity contribution in [1.29, 1.82) is 0 Å². The molecule has 8 heteroatoms. The predicted molar refractivity (Wildman–Crippen MR) is 102 cm³/mol. The highest BCUT2D eigenvalue weighted by molar-refractivity contribution is 5.97. The summed E-state index contributed by atoms with van der Waals surface area (Å²) in [6.07, 6.45) is 1.70. The Labute approximate surface area is 164 Å². The second kappa shape index (κ2) is 6.79. The number of hydrazine groups is 1. The average molecular weight is 386 g/mol. The van der Waals surface area contributed by atoms with Crippen LogP contribution in [0.2, 0.25) is 0 Å². The Morgan fingerprint density at radius 3 is 2.71 bits per heavy atom. The van der Waals surface area contributed by atoms with Gasteiger partial charge in [0.05, 0.1) is 26.4 Å². The summed E-state index contributed by atoms with van der Waals surface area (Å²) in [4.78, 5) is 25.2. The Balaban J connectivity index is 1.75. The summed E-state index contributed by atoms with van der Waals surface area (Å²) in [6, 6.07) is 7.43. The smallest absolute Gasteiger partial charge is 0.268 e. The van der Waals surface area contributed by atoms with Gasteiger partial charge in [0.2, 0.25) is 5.91 Å². The van der Waals surface area contributed by atoms with Crippen LogP contribution in [-0.2, 0) is 14.3 Å². The predicted octanol–water partition coefficient (Wildman–Crippen LogP) is 0.323. The molecule has 1 saturated carbocycles. The number of fused-ring (bicyclic) bond motifs is 1. The van der Waals surface area contributed by atoms with Crippen molar-refractivity contribution in [3.05, 3.63) is 41.6 Å². The van der Waals surface area contributed by atoms with Gasteiger partial charge in [-0.15, -0.1) is 0 Å². The third kappa shape index (κ3) is 2.67. The van der Waals surface area contributed by atoms with Crippen molar-refractivity contribution in [2.45, 2.75) is 18.5 Å². The van der Waals surface area contributed by atoms with Crippen LogP contribution in [-0.4, -0.2) is 49.7 Å². The van der Waals surface area contributed by atoms with Crippen LogP contribution in [0.25, 0.3) is 0 Å². The monoisotopic (exact) mass is 386 g/mol. The van der Waals surface area contributed by atoms with Gasteiger partial charge in [-0.2, -0.15) is 5.01 Å². The summed E-state index contributed by atoms with van der Waals surface area (Å²) in [7, 11) is 3.17. The number of hydrogen-bond acceptors (Lipinski definition) is 6. The van der Waals surface area contributed by atoms with Crippen LogP contribution < -0.4 is 21.2 Å². The first-order valence-corrected chi connectivity index (χ1v) is 9.46. The van der Waals surface area contributed by atoms with E-state index in [4.69, 9.17) is 15.2 Å². The largest absolute Gasteiger partial charge is 0.497 e. The SMILES string of the molecule is CNC(=O)C1=CC(C(N)=O)(C2[C@H]3COC[C@@H]23)N([C@@H](C)c2cccc(OC)c2)N1. The number of carbonyl (C=O) groups excluding carboxylic acids is 2. The number of nitrogens with two attached hydrogens (primary N) is 1. The molecule has 5 atom stereocenters. The van der Waals surface area contributed by atoms with E-state index in [0.717, 1.165) is 11.3 Å². The molecule has 1 saturated heterocycles. The number of carbonyl (C=O) groups is 2. The van der Waals surface area contributed by atoms with Crippen LogP contribution in [0.1, 0.15) is 18.5 Å². The van der Waals surface area contributed by atoms with Gasteiger partial charge in [-0.3, -0.25) is 9.59 Å². The third-order valence-electron chi connectivity index (χ3n) is 6.29. The zero-order chi connectivity index (χ0) is 20.1. The number of hydrogen-bond donors (Lipinski definition) is 3. The molecule has 0 spiro atoms. The van der Waals surface area contributed by atoms with Gasteiger partial charge >= 0.3 is 0 Å².